The van der Waals surface area contributed by atoms with Gasteiger partial charge in [0.05, 0.1) is 17.1 Å². The van der Waals surface area contributed by atoms with Crippen LogP contribution < -0.4 is 0 Å². The van der Waals surface area contributed by atoms with Crippen LogP contribution in [0.3, 0.4) is 0 Å². The zero-order valence-electron chi connectivity index (χ0n) is 11.0. The van der Waals surface area contributed by atoms with Gasteiger partial charge in [-0.3, -0.25) is 4.79 Å². The molecule has 3 nitrogen and oxygen atoms in total. The molecule has 0 saturated carbocycles. The average Bonchev–Trinajstić information content (AvgIpc) is 2.39. The van der Waals surface area contributed by atoms with Crippen LogP contribution in [-0.2, 0) is 16.1 Å². The summed E-state index contributed by atoms with van der Waals surface area (Å²) in [6.45, 7) is 6.09. The highest BCUT2D eigenvalue weighted by Gasteiger charge is 2.18. The highest BCUT2D eigenvalue weighted by Crippen LogP contribution is 2.18. The number of amides is 1. The molecule has 5 heteroatoms. The Bertz CT molecular complexity index is 465. The van der Waals surface area contributed by atoms with Crippen LogP contribution in [0.1, 0.15) is 12.5 Å². The molecule has 1 aromatic rings. The molecule has 0 aliphatic rings. The van der Waals surface area contributed by atoms with E-state index < -0.39 is 0 Å². The summed E-state index contributed by atoms with van der Waals surface area (Å²) in [5, 5.41) is 0. The van der Waals surface area contributed by atoms with Crippen molar-refractivity contribution >= 4 is 21.8 Å². The Labute approximate surface area is 121 Å². The van der Waals surface area contributed by atoms with E-state index in [1.807, 2.05) is 6.92 Å². The number of rotatable bonds is 6. The Kier molecular flexibility index (Phi) is 6.18. The maximum atomic E-state index is 13.5. The minimum Gasteiger partial charge on any atom is -0.383 e. The third kappa shape index (κ3) is 4.44. The number of carbonyl (C=O) groups excluding carboxylic acids is 1. The van der Waals surface area contributed by atoms with Crippen molar-refractivity contribution in [2.75, 3.05) is 13.7 Å². The molecule has 0 saturated heterocycles. The number of methoxy groups -OCH3 is 1. The van der Waals surface area contributed by atoms with Gasteiger partial charge in [0.15, 0.2) is 0 Å². The zero-order chi connectivity index (χ0) is 14.4. The highest BCUT2D eigenvalue weighted by atomic mass is 79.9. The van der Waals surface area contributed by atoms with Gasteiger partial charge in [0.1, 0.15) is 5.82 Å². The fraction of sp³-hybridized carbons (Fsp3) is 0.357. The van der Waals surface area contributed by atoms with Crippen molar-refractivity contribution in [3.8, 4) is 0 Å². The summed E-state index contributed by atoms with van der Waals surface area (Å²) < 4.78 is 18.9. The van der Waals surface area contributed by atoms with Gasteiger partial charge >= 0.3 is 0 Å². The maximum Gasteiger partial charge on any atom is 0.246 e. The molecule has 0 heterocycles. The number of halogens is 2. The molecule has 0 N–H and O–H groups in total. The van der Waals surface area contributed by atoms with E-state index in [0.717, 1.165) is 5.56 Å². The molecule has 0 aliphatic carbocycles. The van der Waals surface area contributed by atoms with E-state index in [1.54, 1.807) is 24.1 Å². The van der Waals surface area contributed by atoms with E-state index in [2.05, 4.69) is 22.5 Å². The molecule has 0 fully saturated rings. The van der Waals surface area contributed by atoms with Crippen LogP contribution in [0, 0.1) is 5.82 Å². The zero-order valence-corrected chi connectivity index (χ0v) is 12.6. The van der Waals surface area contributed by atoms with Crippen LogP contribution in [0.15, 0.2) is 35.3 Å². The van der Waals surface area contributed by atoms with Crippen LogP contribution >= 0.6 is 15.9 Å². The van der Waals surface area contributed by atoms with Crippen molar-refractivity contribution in [2.45, 2.75) is 19.5 Å². The first-order valence-electron chi connectivity index (χ1n) is 5.85. The number of hydrogen-bond donors (Lipinski definition) is 0. The largest absolute Gasteiger partial charge is 0.383 e. The van der Waals surface area contributed by atoms with Gasteiger partial charge in [-0.1, -0.05) is 12.6 Å². The predicted molar refractivity (Wildman–Crippen MR) is 76.2 cm³/mol. The second kappa shape index (κ2) is 7.40. The third-order valence-electron chi connectivity index (χ3n) is 2.73. The molecule has 0 aromatic heterocycles. The Hall–Kier alpha value is -1.20. The predicted octanol–water partition coefficient (Wildman–Crippen LogP) is 3.14. The van der Waals surface area contributed by atoms with Crippen molar-refractivity contribution < 1.29 is 13.9 Å². The quantitative estimate of drug-likeness (QED) is 0.750. The molecule has 19 heavy (non-hydrogen) atoms. The van der Waals surface area contributed by atoms with Crippen LogP contribution in [0.25, 0.3) is 0 Å². The van der Waals surface area contributed by atoms with E-state index in [4.69, 9.17) is 4.74 Å². The van der Waals surface area contributed by atoms with E-state index in [9.17, 15) is 9.18 Å². The van der Waals surface area contributed by atoms with Gasteiger partial charge < -0.3 is 9.64 Å². The minimum atomic E-state index is -0.345. The van der Waals surface area contributed by atoms with Crippen molar-refractivity contribution in [3.05, 3.63) is 46.7 Å². The molecule has 0 radical (unpaired) electrons. The number of benzene rings is 1. The highest BCUT2D eigenvalue weighted by molar-refractivity contribution is 9.10. The molecule has 104 valence electrons. The van der Waals surface area contributed by atoms with Crippen molar-refractivity contribution in [1.82, 2.24) is 4.90 Å². The van der Waals surface area contributed by atoms with Crippen molar-refractivity contribution in [1.29, 1.82) is 0 Å². The fourth-order valence-electron chi connectivity index (χ4n) is 1.73. The lowest BCUT2D eigenvalue weighted by Crippen LogP contribution is -2.39. The monoisotopic (exact) mass is 329 g/mol. The second-order valence-corrected chi connectivity index (χ2v) is 5.08. The molecular formula is C14H17BrFNO2. The van der Waals surface area contributed by atoms with Gasteiger partial charge in [-0.15, -0.1) is 0 Å². The van der Waals surface area contributed by atoms with Gasteiger partial charge in [0.25, 0.3) is 0 Å². The lowest BCUT2D eigenvalue weighted by Gasteiger charge is -2.28. The summed E-state index contributed by atoms with van der Waals surface area (Å²) in [4.78, 5) is 13.4. The molecular weight excluding hydrogens is 313 g/mol. The summed E-state index contributed by atoms with van der Waals surface area (Å²) in [5.41, 5.74) is 0.721. The summed E-state index contributed by atoms with van der Waals surface area (Å²) in [6, 6.07) is 4.70. The number of hydrogen-bond acceptors (Lipinski definition) is 2. The van der Waals surface area contributed by atoms with Crippen LogP contribution in [-0.4, -0.2) is 30.6 Å². The van der Waals surface area contributed by atoms with Crippen molar-refractivity contribution in [2.24, 2.45) is 0 Å². The normalized spacial score (nSPS) is 12.0. The number of ether oxygens (including phenoxy) is 1. The lowest BCUT2D eigenvalue weighted by atomic mass is 10.1. The Morgan fingerprint density at radius 1 is 1.63 bits per heavy atom. The van der Waals surface area contributed by atoms with Gasteiger partial charge in [-0.05, 0) is 46.6 Å². The van der Waals surface area contributed by atoms with Gasteiger partial charge in [-0.25, -0.2) is 4.39 Å². The standard InChI is InChI=1S/C14H17BrFNO2/c1-4-14(18)17(10(2)9-19-3)8-11-5-6-12(15)13(16)7-11/h4-7,10H,1,8-9H2,2-3H3. The fourth-order valence-corrected chi connectivity index (χ4v) is 1.98. The molecule has 0 bridgehead atoms. The Morgan fingerprint density at radius 2 is 2.32 bits per heavy atom. The summed E-state index contributed by atoms with van der Waals surface area (Å²) in [5.74, 6) is -0.546. The van der Waals surface area contributed by atoms with E-state index in [1.165, 1.54) is 12.1 Å². The molecule has 1 amide bonds. The van der Waals surface area contributed by atoms with Crippen LogP contribution in [0.2, 0.25) is 0 Å². The molecule has 0 aliphatic heterocycles. The topological polar surface area (TPSA) is 29.5 Å². The molecule has 1 aromatic carbocycles. The van der Waals surface area contributed by atoms with Crippen LogP contribution in [0.4, 0.5) is 4.39 Å². The smallest absolute Gasteiger partial charge is 0.246 e. The number of nitrogens with zero attached hydrogens (tertiary/aromatic N) is 1. The summed E-state index contributed by atoms with van der Waals surface area (Å²) in [7, 11) is 1.58. The lowest BCUT2D eigenvalue weighted by molar-refractivity contribution is -0.129. The van der Waals surface area contributed by atoms with Gasteiger partial charge in [0, 0.05) is 13.7 Å². The molecule has 0 spiro atoms. The summed E-state index contributed by atoms with van der Waals surface area (Å²) >= 11 is 3.10. The van der Waals surface area contributed by atoms with Crippen molar-refractivity contribution in [3.63, 3.8) is 0 Å². The Morgan fingerprint density at radius 3 is 2.84 bits per heavy atom. The molecule has 1 rings (SSSR count). The Balaban J connectivity index is 2.90. The summed E-state index contributed by atoms with van der Waals surface area (Å²) in [6.07, 6.45) is 1.25. The van der Waals surface area contributed by atoms with Gasteiger partial charge in [0.2, 0.25) is 5.91 Å². The first-order valence-corrected chi connectivity index (χ1v) is 6.64. The second-order valence-electron chi connectivity index (χ2n) is 4.22. The molecule has 1 atom stereocenters. The molecule has 1 unspecified atom stereocenters. The first kappa shape index (κ1) is 15.9. The minimum absolute atomic E-state index is 0.109. The average molecular weight is 330 g/mol. The third-order valence-corrected chi connectivity index (χ3v) is 3.38. The first-order chi connectivity index (χ1) is 8.99. The van der Waals surface area contributed by atoms with E-state index in [0.29, 0.717) is 17.6 Å². The van der Waals surface area contributed by atoms with E-state index in [-0.39, 0.29) is 17.8 Å². The number of carbonyl (C=O) groups is 1. The SMILES string of the molecule is C=CC(=O)N(Cc1ccc(Br)c(F)c1)C(C)COC. The van der Waals surface area contributed by atoms with Crippen LogP contribution in [0.5, 0.6) is 0 Å². The maximum absolute atomic E-state index is 13.5. The van der Waals surface area contributed by atoms with Gasteiger partial charge in [-0.2, -0.15) is 0 Å². The van der Waals surface area contributed by atoms with E-state index >= 15 is 0 Å².